The van der Waals surface area contributed by atoms with E-state index < -0.39 is 0 Å². The van der Waals surface area contributed by atoms with Crippen molar-refractivity contribution in [2.45, 2.75) is 19.5 Å². The van der Waals surface area contributed by atoms with E-state index in [2.05, 4.69) is 33.6 Å². The van der Waals surface area contributed by atoms with Crippen molar-refractivity contribution in [1.29, 1.82) is 0 Å². The third-order valence-electron chi connectivity index (χ3n) is 4.32. The second-order valence-electron chi connectivity index (χ2n) is 5.77. The number of fused-ring (bicyclic) bond motifs is 1. The molecule has 0 atom stereocenters. The summed E-state index contributed by atoms with van der Waals surface area (Å²) in [4.78, 5) is 4.04. The molecule has 0 saturated carbocycles. The maximum absolute atomic E-state index is 5.41. The quantitative estimate of drug-likeness (QED) is 0.735. The highest BCUT2D eigenvalue weighted by atomic mass is 32.1. The maximum atomic E-state index is 5.41. The summed E-state index contributed by atoms with van der Waals surface area (Å²) in [6.45, 7) is 3.03. The highest BCUT2D eigenvalue weighted by Crippen LogP contribution is 2.27. The molecule has 0 amide bonds. The Morgan fingerprint density at radius 3 is 3.09 bits per heavy atom. The first-order valence-electron chi connectivity index (χ1n) is 7.78. The summed E-state index contributed by atoms with van der Waals surface area (Å²) < 4.78 is 7.34. The van der Waals surface area contributed by atoms with Crippen LogP contribution < -0.4 is 4.74 Å². The number of benzene rings is 1. The zero-order chi connectivity index (χ0) is 15.6. The summed E-state index contributed by atoms with van der Waals surface area (Å²) in [7, 11) is 1.71. The molecule has 0 aliphatic carbocycles. The van der Waals surface area contributed by atoms with E-state index in [1.165, 1.54) is 11.1 Å². The number of rotatable bonds is 4. The Bertz CT molecular complexity index is 794. The summed E-state index contributed by atoms with van der Waals surface area (Å²) in [6, 6.07) is 10.4. The van der Waals surface area contributed by atoms with Crippen molar-refractivity contribution in [2.75, 3.05) is 13.7 Å². The third kappa shape index (κ3) is 2.90. The van der Waals surface area contributed by atoms with E-state index >= 15 is 0 Å². The first kappa shape index (κ1) is 14.5. The standard InChI is InChI=1S/C18H19N3OS/c1-22-16-3-4-17(21-8-2-7-19-21)15(11-16)13-20-9-5-18-14(12-20)6-10-23-18/h2-4,6-8,10-11H,5,9,12-13H2,1H3. The molecule has 2 aromatic heterocycles. The number of hydrogen-bond acceptors (Lipinski definition) is 4. The molecule has 1 aliphatic rings. The van der Waals surface area contributed by atoms with Gasteiger partial charge in [-0.15, -0.1) is 11.3 Å². The minimum atomic E-state index is 0.893. The molecule has 0 unspecified atom stereocenters. The molecular formula is C18H19N3OS. The van der Waals surface area contributed by atoms with Gasteiger partial charge in [-0.1, -0.05) is 0 Å². The maximum Gasteiger partial charge on any atom is 0.119 e. The lowest BCUT2D eigenvalue weighted by Gasteiger charge is -2.27. The summed E-state index contributed by atoms with van der Waals surface area (Å²) in [5, 5.41) is 6.59. The van der Waals surface area contributed by atoms with Crippen molar-refractivity contribution in [2.24, 2.45) is 0 Å². The van der Waals surface area contributed by atoms with Crippen LogP contribution in [-0.4, -0.2) is 28.3 Å². The summed E-state index contributed by atoms with van der Waals surface area (Å²) in [6.07, 6.45) is 4.94. The summed E-state index contributed by atoms with van der Waals surface area (Å²) in [5.41, 5.74) is 3.84. The Labute approximate surface area is 139 Å². The highest BCUT2D eigenvalue weighted by molar-refractivity contribution is 7.10. The second kappa shape index (κ2) is 6.18. The van der Waals surface area contributed by atoms with Gasteiger partial charge in [0, 0.05) is 36.9 Å². The summed E-state index contributed by atoms with van der Waals surface area (Å²) in [5.74, 6) is 0.893. The van der Waals surface area contributed by atoms with Gasteiger partial charge in [-0.25, -0.2) is 4.68 Å². The van der Waals surface area contributed by atoms with Gasteiger partial charge in [0.15, 0.2) is 0 Å². The Hall–Kier alpha value is -2.11. The first-order chi connectivity index (χ1) is 11.3. The van der Waals surface area contributed by atoms with Crippen molar-refractivity contribution in [3.05, 3.63) is 64.1 Å². The van der Waals surface area contributed by atoms with Crippen LogP contribution in [0.15, 0.2) is 48.1 Å². The average molecular weight is 325 g/mol. The monoisotopic (exact) mass is 325 g/mol. The molecule has 118 valence electrons. The van der Waals surface area contributed by atoms with Gasteiger partial charge >= 0.3 is 0 Å². The molecule has 4 nitrogen and oxygen atoms in total. The molecule has 0 fully saturated rings. The van der Waals surface area contributed by atoms with Gasteiger partial charge < -0.3 is 4.74 Å². The number of hydrogen-bond donors (Lipinski definition) is 0. The van der Waals surface area contributed by atoms with Crippen molar-refractivity contribution in [1.82, 2.24) is 14.7 Å². The van der Waals surface area contributed by atoms with Crippen molar-refractivity contribution in [3.63, 3.8) is 0 Å². The number of aromatic nitrogens is 2. The van der Waals surface area contributed by atoms with Gasteiger partial charge in [-0.3, -0.25) is 4.90 Å². The molecule has 3 aromatic rings. The zero-order valence-electron chi connectivity index (χ0n) is 13.1. The van der Waals surface area contributed by atoms with Crippen LogP contribution in [0.3, 0.4) is 0 Å². The fourth-order valence-corrected chi connectivity index (χ4v) is 4.02. The van der Waals surface area contributed by atoms with Crippen LogP contribution in [0.2, 0.25) is 0 Å². The van der Waals surface area contributed by atoms with E-state index in [-0.39, 0.29) is 0 Å². The lowest BCUT2D eigenvalue weighted by atomic mass is 10.1. The Kier molecular flexibility index (Phi) is 3.89. The van der Waals surface area contributed by atoms with Gasteiger partial charge in [0.25, 0.3) is 0 Å². The smallest absolute Gasteiger partial charge is 0.119 e. The summed E-state index contributed by atoms with van der Waals surface area (Å²) >= 11 is 1.88. The first-order valence-corrected chi connectivity index (χ1v) is 8.66. The van der Waals surface area contributed by atoms with E-state index in [1.54, 1.807) is 12.0 Å². The Balaban J connectivity index is 1.63. The van der Waals surface area contributed by atoms with E-state index in [9.17, 15) is 0 Å². The molecule has 0 bridgehead atoms. The predicted octanol–water partition coefficient (Wildman–Crippen LogP) is 3.50. The number of methoxy groups -OCH3 is 1. The zero-order valence-corrected chi connectivity index (χ0v) is 13.9. The number of thiophene rings is 1. The van der Waals surface area contributed by atoms with E-state index in [4.69, 9.17) is 4.74 Å². The lowest BCUT2D eigenvalue weighted by Crippen LogP contribution is -2.29. The molecule has 0 radical (unpaired) electrons. The van der Waals surface area contributed by atoms with Crippen molar-refractivity contribution < 1.29 is 4.74 Å². The second-order valence-corrected chi connectivity index (χ2v) is 6.78. The minimum absolute atomic E-state index is 0.893. The fraction of sp³-hybridized carbons (Fsp3) is 0.278. The molecule has 23 heavy (non-hydrogen) atoms. The molecule has 0 spiro atoms. The molecule has 4 rings (SSSR count). The van der Waals surface area contributed by atoms with Crippen LogP contribution in [0.4, 0.5) is 0 Å². The van der Waals surface area contributed by atoms with Crippen molar-refractivity contribution >= 4 is 11.3 Å². The lowest BCUT2D eigenvalue weighted by molar-refractivity contribution is 0.247. The number of nitrogens with zero attached hydrogens (tertiary/aromatic N) is 3. The van der Waals surface area contributed by atoms with Gasteiger partial charge in [-0.05, 0) is 53.3 Å². The van der Waals surface area contributed by atoms with Crippen molar-refractivity contribution in [3.8, 4) is 11.4 Å². The van der Waals surface area contributed by atoms with Gasteiger partial charge in [0.05, 0.1) is 12.8 Å². The molecule has 1 aliphatic heterocycles. The van der Waals surface area contributed by atoms with Crippen LogP contribution in [0.5, 0.6) is 5.75 Å². The van der Waals surface area contributed by atoms with Crippen LogP contribution in [0.1, 0.15) is 16.0 Å². The average Bonchev–Trinajstić information content (AvgIpc) is 3.26. The largest absolute Gasteiger partial charge is 0.497 e. The highest BCUT2D eigenvalue weighted by Gasteiger charge is 2.19. The molecule has 3 heterocycles. The normalized spacial score (nSPS) is 14.7. The molecular weight excluding hydrogens is 306 g/mol. The Morgan fingerprint density at radius 2 is 2.26 bits per heavy atom. The third-order valence-corrected chi connectivity index (χ3v) is 5.34. The van der Waals surface area contributed by atoms with Crippen LogP contribution in [0, 0.1) is 0 Å². The van der Waals surface area contributed by atoms with Gasteiger partial charge in [0.1, 0.15) is 5.75 Å². The molecule has 1 aromatic carbocycles. The Morgan fingerprint density at radius 1 is 1.30 bits per heavy atom. The predicted molar refractivity (Wildman–Crippen MR) is 92.3 cm³/mol. The molecule has 0 saturated heterocycles. The van der Waals surface area contributed by atoms with Crippen LogP contribution in [0.25, 0.3) is 5.69 Å². The van der Waals surface area contributed by atoms with E-state index in [0.29, 0.717) is 0 Å². The van der Waals surface area contributed by atoms with E-state index in [1.807, 2.05) is 40.5 Å². The van der Waals surface area contributed by atoms with Crippen LogP contribution >= 0.6 is 11.3 Å². The fourth-order valence-electron chi connectivity index (χ4n) is 3.13. The topological polar surface area (TPSA) is 30.3 Å². The van der Waals surface area contributed by atoms with Gasteiger partial charge in [0.2, 0.25) is 0 Å². The van der Waals surface area contributed by atoms with E-state index in [0.717, 1.165) is 37.5 Å². The molecule has 5 heteroatoms. The minimum Gasteiger partial charge on any atom is -0.497 e. The van der Waals surface area contributed by atoms with Gasteiger partial charge in [-0.2, -0.15) is 5.10 Å². The van der Waals surface area contributed by atoms with Crippen LogP contribution in [-0.2, 0) is 19.5 Å². The number of ether oxygens (including phenoxy) is 1. The SMILES string of the molecule is COc1ccc(-n2cccn2)c(CN2CCc3sccc3C2)c1. The molecule has 0 N–H and O–H groups in total.